The summed E-state index contributed by atoms with van der Waals surface area (Å²) in [6, 6.07) is 1.25. The highest BCUT2D eigenvalue weighted by Gasteiger charge is 2.18. The van der Waals surface area contributed by atoms with Crippen LogP contribution in [0.15, 0.2) is 24.7 Å². The fraction of sp³-hybridized carbons (Fsp3) is 0.250. The molecule has 2 rings (SSSR count). The van der Waals surface area contributed by atoms with Crippen molar-refractivity contribution >= 4 is 23.3 Å². The van der Waals surface area contributed by atoms with E-state index in [-0.39, 0.29) is 22.8 Å². The van der Waals surface area contributed by atoms with E-state index in [1.807, 2.05) is 6.92 Å². The number of carbonyl (C=O) groups is 1. The number of amides is 1. The fourth-order valence-corrected chi connectivity index (χ4v) is 1.89. The minimum Gasteiger partial charge on any atom is -0.384 e. The van der Waals surface area contributed by atoms with Gasteiger partial charge in [-0.15, -0.1) is 0 Å². The standard InChI is InChI=1S/C12H14ClN5O/c1-2-9(11-15-3-4-16-11)18-12(19)7-5-10(14)17-6-8(7)13/h3-6,9H,2H2,1H3,(H2,14,17)(H,15,16)(H,18,19). The van der Waals surface area contributed by atoms with E-state index in [1.54, 1.807) is 12.4 Å². The monoisotopic (exact) mass is 279 g/mol. The Morgan fingerprint density at radius 3 is 3.00 bits per heavy atom. The molecule has 0 saturated heterocycles. The van der Waals surface area contributed by atoms with Crippen LogP contribution in [0.1, 0.15) is 35.6 Å². The van der Waals surface area contributed by atoms with Crippen molar-refractivity contribution in [2.45, 2.75) is 19.4 Å². The number of nitrogens with two attached hydrogens (primary N) is 1. The summed E-state index contributed by atoms with van der Waals surface area (Å²) < 4.78 is 0. The summed E-state index contributed by atoms with van der Waals surface area (Å²) >= 11 is 5.94. The lowest BCUT2D eigenvalue weighted by Gasteiger charge is -2.15. The number of pyridine rings is 1. The lowest BCUT2D eigenvalue weighted by molar-refractivity contribution is 0.0934. The first-order chi connectivity index (χ1) is 9.11. The van der Waals surface area contributed by atoms with E-state index in [0.29, 0.717) is 17.8 Å². The molecule has 4 N–H and O–H groups in total. The lowest BCUT2D eigenvalue weighted by atomic mass is 10.2. The Labute approximate surface area is 115 Å². The molecule has 0 aromatic carbocycles. The predicted octanol–water partition coefficient (Wildman–Crippen LogP) is 1.92. The Kier molecular flexibility index (Phi) is 4.01. The molecule has 0 aliphatic carbocycles. The number of aromatic amines is 1. The first-order valence-corrected chi connectivity index (χ1v) is 6.20. The van der Waals surface area contributed by atoms with Gasteiger partial charge in [-0.25, -0.2) is 9.97 Å². The van der Waals surface area contributed by atoms with Gasteiger partial charge in [0.25, 0.3) is 5.91 Å². The maximum atomic E-state index is 12.2. The normalized spacial score (nSPS) is 12.1. The van der Waals surface area contributed by atoms with Crippen LogP contribution < -0.4 is 11.1 Å². The van der Waals surface area contributed by atoms with Crippen LogP contribution in [-0.4, -0.2) is 20.9 Å². The van der Waals surface area contributed by atoms with Gasteiger partial charge < -0.3 is 16.0 Å². The summed E-state index contributed by atoms with van der Waals surface area (Å²) in [6.07, 6.45) is 5.42. The molecule has 100 valence electrons. The first-order valence-electron chi connectivity index (χ1n) is 5.83. The second kappa shape index (κ2) is 5.71. The molecule has 0 fully saturated rings. The number of nitrogen functional groups attached to an aromatic ring is 1. The number of rotatable bonds is 4. The Morgan fingerprint density at radius 2 is 2.37 bits per heavy atom. The Hall–Kier alpha value is -2.08. The minimum atomic E-state index is -0.303. The molecule has 7 heteroatoms. The number of nitrogens with zero attached hydrogens (tertiary/aromatic N) is 2. The molecule has 2 heterocycles. The van der Waals surface area contributed by atoms with Crippen molar-refractivity contribution in [1.29, 1.82) is 0 Å². The van der Waals surface area contributed by atoms with Gasteiger partial charge in [0.2, 0.25) is 0 Å². The number of H-pyrrole nitrogens is 1. The Balaban J connectivity index is 2.18. The summed E-state index contributed by atoms with van der Waals surface area (Å²) in [5, 5.41) is 3.12. The van der Waals surface area contributed by atoms with Crippen molar-refractivity contribution in [3.8, 4) is 0 Å². The van der Waals surface area contributed by atoms with E-state index in [0.717, 1.165) is 0 Å². The summed E-state index contributed by atoms with van der Waals surface area (Å²) in [7, 11) is 0. The van der Waals surface area contributed by atoms with Crippen LogP contribution >= 0.6 is 11.6 Å². The first kappa shape index (κ1) is 13.4. The van der Waals surface area contributed by atoms with Crippen molar-refractivity contribution in [1.82, 2.24) is 20.3 Å². The molecular formula is C12H14ClN5O. The quantitative estimate of drug-likeness (QED) is 0.796. The van der Waals surface area contributed by atoms with Gasteiger partial charge in [0, 0.05) is 18.6 Å². The van der Waals surface area contributed by atoms with Gasteiger partial charge in [0.15, 0.2) is 0 Å². The molecule has 0 bridgehead atoms. The maximum absolute atomic E-state index is 12.2. The van der Waals surface area contributed by atoms with Gasteiger partial charge in [0.05, 0.1) is 16.6 Å². The number of imidazole rings is 1. The molecular weight excluding hydrogens is 266 g/mol. The van der Waals surface area contributed by atoms with E-state index in [4.69, 9.17) is 17.3 Å². The number of halogens is 1. The molecule has 0 spiro atoms. The van der Waals surface area contributed by atoms with Gasteiger partial charge in [-0.05, 0) is 12.5 Å². The third-order valence-corrected chi connectivity index (χ3v) is 2.99. The summed E-state index contributed by atoms with van der Waals surface area (Å²) in [6.45, 7) is 1.95. The molecule has 2 aromatic heterocycles. The van der Waals surface area contributed by atoms with E-state index < -0.39 is 0 Å². The van der Waals surface area contributed by atoms with Crippen LogP contribution in [0.5, 0.6) is 0 Å². The van der Waals surface area contributed by atoms with Crippen LogP contribution in [0.4, 0.5) is 5.82 Å². The van der Waals surface area contributed by atoms with Crippen LogP contribution in [0.25, 0.3) is 0 Å². The highest BCUT2D eigenvalue weighted by atomic mass is 35.5. The molecule has 0 aliphatic rings. The Morgan fingerprint density at radius 1 is 1.58 bits per heavy atom. The van der Waals surface area contributed by atoms with Crippen molar-refractivity contribution in [2.75, 3.05) is 5.73 Å². The lowest BCUT2D eigenvalue weighted by Crippen LogP contribution is -2.29. The van der Waals surface area contributed by atoms with Gasteiger partial charge in [-0.2, -0.15) is 0 Å². The average Bonchev–Trinajstić information content (AvgIpc) is 2.92. The van der Waals surface area contributed by atoms with E-state index >= 15 is 0 Å². The topological polar surface area (TPSA) is 96.7 Å². The van der Waals surface area contributed by atoms with Crippen molar-refractivity contribution in [3.05, 3.63) is 41.1 Å². The van der Waals surface area contributed by atoms with Crippen LogP contribution in [-0.2, 0) is 0 Å². The summed E-state index contributed by atoms with van der Waals surface area (Å²) in [5.41, 5.74) is 5.86. The second-order valence-corrected chi connectivity index (χ2v) is 4.40. The zero-order valence-electron chi connectivity index (χ0n) is 10.4. The predicted molar refractivity (Wildman–Crippen MR) is 72.7 cm³/mol. The molecule has 1 atom stereocenters. The van der Waals surface area contributed by atoms with Gasteiger partial charge >= 0.3 is 0 Å². The van der Waals surface area contributed by atoms with Crippen molar-refractivity contribution in [2.24, 2.45) is 0 Å². The number of hydrogen-bond donors (Lipinski definition) is 3. The van der Waals surface area contributed by atoms with E-state index in [1.165, 1.54) is 12.3 Å². The molecule has 0 radical (unpaired) electrons. The highest BCUT2D eigenvalue weighted by molar-refractivity contribution is 6.33. The SMILES string of the molecule is CCC(NC(=O)c1cc(N)ncc1Cl)c1ncc[nH]1. The summed E-state index contributed by atoms with van der Waals surface area (Å²) in [5.74, 6) is 0.650. The molecule has 6 nitrogen and oxygen atoms in total. The fourth-order valence-electron chi connectivity index (χ4n) is 1.70. The number of nitrogens with one attached hydrogen (secondary N) is 2. The number of aromatic nitrogens is 3. The molecule has 19 heavy (non-hydrogen) atoms. The van der Waals surface area contributed by atoms with Gasteiger partial charge in [-0.1, -0.05) is 18.5 Å². The third-order valence-electron chi connectivity index (χ3n) is 2.68. The van der Waals surface area contributed by atoms with Gasteiger partial charge in [-0.3, -0.25) is 4.79 Å². The van der Waals surface area contributed by atoms with E-state index in [9.17, 15) is 4.79 Å². The van der Waals surface area contributed by atoms with Crippen LogP contribution in [0.3, 0.4) is 0 Å². The number of anilines is 1. The van der Waals surface area contributed by atoms with Crippen LogP contribution in [0.2, 0.25) is 5.02 Å². The molecule has 0 saturated carbocycles. The minimum absolute atomic E-state index is 0.201. The van der Waals surface area contributed by atoms with Crippen molar-refractivity contribution < 1.29 is 4.79 Å². The van der Waals surface area contributed by atoms with E-state index in [2.05, 4.69) is 20.3 Å². The Bertz CT molecular complexity index is 570. The number of hydrogen-bond acceptors (Lipinski definition) is 4. The molecule has 1 amide bonds. The second-order valence-electron chi connectivity index (χ2n) is 4.00. The molecule has 1 unspecified atom stereocenters. The number of carbonyl (C=O) groups excluding carboxylic acids is 1. The van der Waals surface area contributed by atoms with Gasteiger partial charge in [0.1, 0.15) is 11.6 Å². The maximum Gasteiger partial charge on any atom is 0.253 e. The highest BCUT2D eigenvalue weighted by Crippen LogP contribution is 2.19. The van der Waals surface area contributed by atoms with Crippen molar-refractivity contribution in [3.63, 3.8) is 0 Å². The third kappa shape index (κ3) is 3.03. The molecule has 2 aromatic rings. The smallest absolute Gasteiger partial charge is 0.253 e. The zero-order chi connectivity index (χ0) is 13.8. The zero-order valence-corrected chi connectivity index (χ0v) is 11.1. The average molecular weight is 280 g/mol. The molecule has 0 aliphatic heterocycles. The summed E-state index contributed by atoms with van der Waals surface area (Å²) in [4.78, 5) is 23.1. The largest absolute Gasteiger partial charge is 0.384 e. The van der Waals surface area contributed by atoms with Crippen LogP contribution in [0, 0.1) is 0 Å².